The predicted molar refractivity (Wildman–Crippen MR) is 82.3 cm³/mol. The van der Waals surface area contributed by atoms with Crippen LogP contribution in [0.15, 0.2) is 47.8 Å². The van der Waals surface area contributed by atoms with Crippen LogP contribution in [0.5, 0.6) is 5.75 Å². The Morgan fingerprint density at radius 1 is 1.16 bits per heavy atom. The van der Waals surface area contributed by atoms with Gasteiger partial charge in [0.2, 0.25) is 0 Å². The zero-order valence-corrected chi connectivity index (χ0v) is 12.1. The summed E-state index contributed by atoms with van der Waals surface area (Å²) in [5, 5.41) is 4.15. The van der Waals surface area contributed by atoms with E-state index >= 15 is 0 Å². The fourth-order valence-electron chi connectivity index (χ4n) is 2.08. The quantitative estimate of drug-likeness (QED) is 0.623. The summed E-state index contributed by atoms with van der Waals surface area (Å²) >= 11 is 7.72. The van der Waals surface area contributed by atoms with Crippen molar-refractivity contribution < 1.29 is 4.74 Å². The summed E-state index contributed by atoms with van der Waals surface area (Å²) in [4.78, 5) is 0. The van der Waals surface area contributed by atoms with Gasteiger partial charge in [-0.2, -0.15) is 0 Å². The predicted octanol–water partition coefficient (Wildman–Crippen LogP) is 5.44. The first-order chi connectivity index (χ1) is 9.24. The van der Waals surface area contributed by atoms with Gasteiger partial charge in [-0.25, -0.2) is 0 Å². The SMILES string of the molecule is Cc1cccc2c(COc3cccc(Cl)c3)csc12. The van der Waals surface area contributed by atoms with Crippen molar-refractivity contribution in [3.05, 3.63) is 64.0 Å². The smallest absolute Gasteiger partial charge is 0.121 e. The number of aryl methyl sites for hydroxylation is 1. The van der Waals surface area contributed by atoms with Crippen molar-refractivity contribution in [2.24, 2.45) is 0 Å². The number of rotatable bonds is 3. The van der Waals surface area contributed by atoms with Gasteiger partial charge in [0.25, 0.3) is 0 Å². The van der Waals surface area contributed by atoms with Gasteiger partial charge < -0.3 is 4.74 Å². The van der Waals surface area contributed by atoms with Crippen LogP contribution in [-0.2, 0) is 6.61 Å². The molecule has 0 radical (unpaired) electrons. The van der Waals surface area contributed by atoms with Gasteiger partial charge in [0.1, 0.15) is 12.4 Å². The molecule has 0 bridgehead atoms. The Morgan fingerprint density at radius 2 is 2.00 bits per heavy atom. The van der Waals surface area contributed by atoms with Crippen LogP contribution in [-0.4, -0.2) is 0 Å². The van der Waals surface area contributed by atoms with Crippen molar-refractivity contribution >= 4 is 33.0 Å². The van der Waals surface area contributed by atoms with E-state index in [9.17, 15) is 0 Å². The second kappa shape index (κ2) is 5.24. The van der Waals surface area contributed by atoms with Crippen LogP contribution < -0.4 is 4.74 Å². The van der Waals surface area contributed by atoms with Crippen LogP contribution in [0.1, 0.15) is 11.1 Å². The van der Waals surface area contributed by atoms with Crippen molar-refractivity contribution in [3.63, 3.8) is 0 Å². The molecule has 0 unspecified atom stereocenters. The highest BCUT2D eigenvalue weighted by molar-refractivity contribution is 7.17. The lowest BCUT2D eigenvalue weighted by atomic mass is 10.1. The Labute approximate surface area is 121 Å². The topological polar surface area (TPSA) is 9.23 Å². The van der Waals surface area contributed by atoms with Crippen LogP contribution >= 0.6 is 22.9 Å². The second-order valence-corrected chi connectivity index (χ2v) is 5.77. The Kier molecular flexibility index (Phi) is 3.45. The lowest BCUT2D eigenvalue weighted by molar-refractivity contribution is 0.308. The monoisotopic (exact) mass is 288 g/mol. The molecule has 19 heavy (non-hydrogen) atoms. The van der Waals surface area contributed by atoms with E-state index < -0.39 is 0 Å². The molecule has 0 amide bonds. The number of benzene rings is 2. The summed E-state index contributed by atoms with van der Waals surface area (Å²) in [6.07, 6.45) is 0. The third-order valence-corrected chi connectivity index (χ3v) is 4.48. The first-order valence-corrected chi connectivity index (χ1v) is 7.34. The average molecular weight is 289 g/mol. The highest BCUT2D eigenvalue weighted by Gasteiger charge is 2.06. The summed E-state index contributed by atoms with van der Waals surface area (Å²) < 4.78 is 7.14. The van der Waals surface area contributed by atoms with E-state index in [-0.39, 0.29) is 0 Å². The largest absolute Gasteiger partial charge is 0.489 e. The maximum Gasteiger partial charge on any atom is 0.121 e. The zero-order valence-electron chi connectivity index (χ0n) is 10.5. The maximum atomic E-state index is 5.94. The van der Waals surface area contributed by atoms with Crippen molar-refractivity contribution in [1.29, 1.82) is 0 Å². The first-order valence-electron chi connectivity index (χ1n) is 6.08. The number of hydrogen-bond acceptors (Lipinski definition) is 2. The summed E-state index contributed by atoms with van der Waals surface area (Å²) in [6.45, 7) is 2.71. The third kappa shape index (κ3) is 2.60. The average Bonchev–Trinajstić information content (AvgIpc) is 2.81. The third-order valence-electron chi connectivity index (χ3n) is 3.07. The van der Waals surface area contributed by atoms with Crippen molar-refractivity contribution in [2.45, 2.75) is 13.5 Å². The van der Waals surface area contributed by atoms with E-state index in [1.54, 1.807) is 11.3 Å². The first kappa shape index (κ1) is 12.5. The van der Waals surface area contributed by atoms with Crippen LogP contribution in [0.3, 0.4) is 0 Å². The molecule has 1 nitrogen and oxygen atoms in total. The number of ether oxygens (including phenoxy) is 1. The fraction of sp³-hybridized carbons (Fsp3) is 0.125. The molecular formula is C16H13ClOS. The molecule has 0 saturated carbocycles. The van der Waals surface area contributed by atoms with Crippen LogP contribution in [0, 0.1) is 6.92 Å². The minimum atomic E-state index is 0.573. The molecule has 0 atom stereocenters. The van der Waals surface area contributed by atoms with Crippen LogP contribution in [0.2, 0.25) is 5.02 Å². The molecular weight excluding hydrogens is 276 g/mol. The molecule has 1 heterocycles. The molecule has 0 saturated heterocycles. The molecule has 0 aliphatic rings. The molecule has 0 aliphatic heterocycles. The van der Waals surface area contributed by atoms with Gasteiger partial charge in [0.15, 0.2) is 0 Å². The zero-order chi connectivity index (χ0) is 13.2. The van der Waals surface area contributed by atoms with E-state index in [1.807, 2.05) is 24.3 Å². The number of halogens is 1. The van der Waals surface area contributed by atoms with E-state index in [0.29, 0.717) is 11.6 Å². The van der Waals surface area contributed by atoms with Gasteiger partial charge in [0, 0.05) is 15.3 Å². The Balaban J connectivity index is 1.84. The molecule has 0 aliphatic carbocycles. The van der Waals surface area contributed by atoms with Crippen molar-refractivity contribution in [1.82, 2.24) is 0 Å². The Hall–Kier alpha value is -1.51. The summed E-state index contributed by atoms with van der Waals surface area (Å²) in [6, 6.07) is 13.9. The normalized spacial score (nSPS) is 10.8. The van der Waals surface area contributed by atoms with Gasteiger partial charge >= 0.3 is 0 Å². The summed E-state index contributed by atoms with van der Waals surface area (Å²) in [5.41, 5.74) is 2.54. The molecule has 2 aromatic carbocycles. The lowest BCUT2D eigenvalue weighted by Gasteiger charge is -2.06. The molecule has 0 fully saturated rings. The highest BCUT2D eigenvalue weighted by atomic mass is 35.5. The lowest BCUT2D eigenvalue weighted by Crippen LogP contribution is -1.94. The van der Waals surface area contributed by atoms with Gasteiger partial charge in [-0.05, 0) is 41.5 Å². The van der Waals surface area contributed by atoms with Gasteiger partial charge in [-0.3, -0.25) is 0 Å². The Bertz CT molecular complexity index is 718. The van der Waals surface area contributed by atoms with E-state index in [2.05, 4.69) is 30.5 Å². The fourth-order valence-corrected chi connectivity index (χ4v) is 3.30. The minimum absolute atomic E-state index is 0.573. The number of thiophene rings is 1. The molecule has 3 aromatic rings. The van der Waals surface area contributed by atoms with Crippen molar-refractivity contribution in [3.8, 4) is 5.75 Å². The van der Waals surface area contributed by atoms with E-state index in [4.69, 9.17) is 16.3 Å². The Morgan fingerprint density at radius 3 is 2.84 bits per heavy atom. The highest BCUT2D eigenvalue weighted by Crippen LogP contribution is 2.29. The van der Waals surface area contributed by atoms with Gasteiger partial charge in [0.05, 0.1) is 0 Å². The van der Waals surface area contributed by atoms with E-state index in [1.165, 1.54) is 21.2 Å². The maximum absolute atomic E-state index is 5.94. The second-order valence-electron chi connectivity index (χ2n) is 4.46. The standard InChI is InChI=1S/C16H13ClOS/c1-11-4-2-7-15-12(10-19-16(11)15)9-18-14-6-3-5-13(17)8-14/h2-8,10H,9H2,1H3. The van der Waals surface area contributed by atoms with E-state index in [0.717, 1.165) is 5.75 Å². The summed E-state index contributed by atoms with van der Waals surface area (Å²) in [5.74, 6) is 0.805. The van der Waals surface area contributed by atoms with Gasteiger partial charge in [-0.1, -0.05) is 35.9 Å². The molecule has 3 heteroatoms. The number of fused-ring (bicyclic) bond motifs is 1. The molecule has 0 spiro atoms. The molecule has 0 N–H and O–H groups in total. The summed E-state index contributed by atoms with van der Waals surface area (Å²) in [7, 11) is 0. The minimum Gasteiger partial charge on any atom is -0.489 e. The van der Waals surface area contributed by atoms with Gasteiger partial charge in [-0.15, -0.1) is 11.3 Å². The molecule has 1 aromatic heterocycles. The van der Waals surface area contributed by atoms with Crippen molar-refractivity contribution in [2.75, 3.05) is 0 Å². The molecule has 3 rings (SSSR count). The number of hydrogen-bond donors (Lipinski definition) is 0. The molecule has 96 valence electrons. The van der Waals surface area contributed by atoms with Crippen LogP contribution in [0.4, 0.5) is 0 Å². The van der Waals surface area contributed by atoms with Crippen LogP contribution in [0.25, 0.3) is 10.1 Å².